The molecule has 2 aromatic rings. The molecule has 2 saturated heterocycles. The Morgan fingerprint density at radius 3 is 2.42 bits per heavy atom. The number of carbonyl (C=O) groups excluding carboxylic acids is 1. The van der Waals surface area contributed by atoms with Gasteiger partial charge in [-0.2, -0.15) is 0 Å². The van der Waals surface area contributed by atoms with Crippen molar-refractivity contribution in [2.24, 2.45) is 0 Å². The van der Waals surface area contributed by atoms with Gasteiger partial charge in [-0.25, -0.2) is 24.0 Å². The van der Waals surface area contributed by atoms with Crippen LogP contribution in [0.4, 0.5) is 4.79 Å². The van der Waals surface area contributed by atoms with E-state index < -0.39 is 11.1 Å². The van der Waals surface area contributed by atoms with Gasteiger partial charge in [-0.3, -0.25) is 0 Å². The maximum Gasteiger partial charge on any atom is 0.410 e. The van der Waals surface area contributed by atoms with Crippen LogP contribution >= 0.6 is 0 Å². The lowest BCUT2D eigenvalue weighted by molar-refractivity contribution is 0.0206. The molecule has 2 fully saturated rings. The first-order valence-corrected chi connectivity index (χ1v) is 12.1. The fraction of sp³-hybridized carbons (Fsp3) is 0.545. The molecule has 0 aliphatic carbocycles. The average molecular weight is 477 g/mol. The lowest BCUT2D eigenvalue weighted by Gasteiger charge is -2.38. The zero-order valence-electron chi connectivity index (χ0n) is 19.1. The Balaban J connectivity index is 1.45. The van der Waals surface area contributed by atoms with Crippen LogP contribution in [0.5, 0.6) is 17.5 Å². The molecule has 1 amide bonds. The van der Waals surface area contributed by atoms with Crippen LogP contribution < -0.4 is 9.47 Å². The van der Waals surface area contributed by atoms with Crippen molar-refractivity contribution in [3.63, 3.8) is 0 Å². The van der Waals surface area contributed by atoms with Crippen molar-refractivity contribution in [1.82, 2.24) is 19.9 Å². The van der Waals surface area contributed by atoms with E-state index in [-0.39, 0.29) is 35.4 Å². The summed E-state index contributed by atoms with van der Waals surface area (Å²) in [7, 11) is 0. The maximum absolute atomic E-state index is 12.5. The van der Waals surface area contributed by atoms with Crippen LogP contribution in [0.2, 0.25) is 0 Å². The molecular weight excluding hydrogens is 448 g/mol. The van der Waals surface area contributed by atoms with Crippen LogP contribution in [-0.2, 0) is 15.8 Å². The first-order chi connectivity index (χ1) is 15.7. The van der Waals surface area contributed by atoms with Gasteiger partial charge in [0.15, 0.2) is 10.8 Å². The highest BCUT2D eigenvalue weighted by Gasteiger charge is 2.45. The van der Waals surface area contributed by atoms with Crippen LogP contribution in [0.1, 0.15) is 50.8 Å². The highest BCUT2D eigenvalue weighted by Crippen LogP contribution is 2.38. The number of hydrogen-bond donors (Lipinski definition) is 1. The summed E-state index contributed by atoms with van der Waals surface area (Å²) in [5.74, 6) is 1.18. The van der Waals surface area contributed by atoms with Gasteiger partial charge in [-0.1, -0.05) is 0 Å². The Morgan fingerprint density at radius 1 is 1.15 bits per heavy atom. The summed E-state index contributed by atoms with van der Waals surface area (Å²) >= 11 is -2.16. The standard InChI is InChI=1S/C22H28N4O6S/c1-12(2)30-22(27)26-15-5-6-16(26)10-17(9-15)31-20-13(3)21(24-11-23-20)32-18-7-8-19(33(28)29)25-14(18)4/h7-8,11-12,15-17H,5-6,9-10H2,1-4H3,(H,28,29)/t15-,16-/m0/s1. The molecule has 4 rings (SSSR count). The monoisotopic (exact) mass is 476 g/mol. The fourth-order valence-electron chi connectivity index (χ4n) is 4.42. The first-order valence-electron chi connectivity index (χ1n) is 11.0. The summed E-state index contributed by atoms with van der Waals surface area (Å²) in [5.41, 5.74) is 1.10. The number of aromatic nitrogens is 3. The van der Waals surface area contributed by atoms with Gasteiger partial charge in [0.1, 0.15) is 12.4 Å². The number of carbonyl (C=O) groups is 1. The highest BCUT2D eigenvalue weighted by atomic mass is 32.2. The van der Waals surface area contributed by atoms with Gasteiger partial charge in [0.25, 0.3) is 0 Å². The summed E-state index contributed by atoms with van der Waals surface area (Å²) in [6.07, 6.45) is 4.22. The molecule has 1 N–H and O–H groups in total. The quantitative estimate of drug-likeness (QED) is 0.620. The van der Waals surface area contributed by atoms with Gasteiger partial charge >= 0.3 is 6.09 Å². The smallest absolute Gasteiger partial charge is 0.410 e. The van der Waals surface area contributed by atoms with Gasteiger partial charge in [0.05, 0.1) is 17.4 Å². The van der Waals surface area contributed by atoms with E-state index in [1.165, 1.54) is 12.4 Å². The number of hydrogen-bond acceptors (Lipinski definition) is 8. The molecule has 33 heavy (non-hydrogen) atoms. The van der Waals surface area contributed by atoms with Gasteiger partial charge in [0.2, 0.25) is 22.8 Å². The molecule has 0 aromatic carbocycles. The molecule has 0 saturated carbocycles. The summed E-state index contributed by atoms with van der Waals surface area (Å²) in [5, 5.41) is 0.0570. The molecule has 2 bridgehead atoms. The number of rotatable bonds is 6. The summed E-state index contributed by atoms with van der Waals surface area (Å²) in [6, 6.07) is 3.21. The van der Waals surface area contributed by atoms with Gasteiger partial charge in [0, 0.05) is 24.9 Å². The molecule has 2 aliphatic heterocycles. The van der Waals surface area contributed by atoms with Gasteiger partial charge in [-0.15, -0.1) is 0 Å². The molecule has 2 aromatic heterocycles. The normalized spacial score (nSPS) is 22.8. The van der Waals surface area contributed by atoms with Crippen molar-refractivity contribution in [3.8, 4) is 17.5 Å². The first kappa shape index (κ1) is 23.4. The predicted molar refractivity (Wildman–Crippen MR) is 119 cm³/mol. The van der Waals surface area contributed by atoms with E-state index in [0.29, 0.717) is 41.6 Å². The van der Waals surface area contributed by atoms with Crippen molar-refractivity contribution in [2.75, 3.05) is 0 Å². The lowest BCUT2D eigenvalue weighted by atomic mass is 10.0. The fourth-order valence-corrected chi connectivity index (χ4v) is 4.82. The molecule has 178 valence electrons. The lowest BCUT2D eigenvalue weighted by Crippen LogP contribution is -2.50. The molecule has 1 unspecified atom stereocenters. The van der Waals surface area contributed by atoms with E-state index in [1.54, 1.807) is 13.0 Å². The minimum absolute atomic E-state index is 0.0570. The number of ether oxygens (including phenoxy) is 3. The maximum atomic E-state index is 12.5. The van der Waals surface area contributed by atoms with E-state index in [2.05, 4.69) is 15.0 Å². The number of aryl methyl sites for hydroxylation is 1. The van der Waals surface area contributed by atoms with Crippen LogP contribution in [-0.4, -0.2) is 59.0 Å². The van der Waals surface area contributed by atoms with Crippen LogP contribution in [0, 0.1) is 13.8 Å². The zero-order chi connectivity index (χ0) is 23.7. The second-order valence-corrected chi connectivity index (χ2v) is 9.55. The Labute approximate surface area is 195 Å². The van der Waals surface area contributed by atoms with Crippen molar-refractivity contribution >= 4 is 17.2 Å². The van der Waals surface area contributed by atoms with E-state index in [0.717, 1.165) is 12.8 Å². The second-order valence-electron chi connectivity index (χ2n) is 8.63. The molecular formula is C22H28N4O6S. The SMILES string of the molecule is Cc1nc(S(=O)O)ccc1Oc1ncnc(OC2C[C@@H]3CC[C@@H](C2)N3C(=O)OC(C)C)c1C. The number of piperidine rings is 1. The second kappa shape index (κ2) is 9.60. The molecule has 11 heteroatoms. The predicted octanol–water partition coefficient (Wildman–Crippen LogP) is 3.78. The van der Waals surface area contributed by atoms with Crippen molar-refractivity contribution in [3.05, 3.63) is 29.7 Å². The minimum atomic E-state index is -2.16. The summed E-state index contributed by atoms with van der Waals surface area (Å²) < 4.78 is 38.0. The molecule has 4 heterocycles. The van der Waals surface area contributed by atoms with Gasteiger partial charge < -0.3 is 23.7 Å². The Hall–Kier alpha value is -2.79. The van der Waals surface area contributed by atoms with E-state index in [4.69, 9.17) is 14.2 Å². The third-order valence-electron chi connectivity index (χ3n) is 5.90. The highest BCUT2D eigenvalue weighted by molar-refractivity contribution is 7.79. The third-order valence-corrected chi connectivity index (χ3v) is 6.49. The molecule has 10 nitrogen and oxygen atoms in total. The van der Waals surface area contributed by atoms with E-state index in [9.17, 15) is 13.6 Å². The average Bonchev–Trinajstić information content (AvgIpc) is 3.02. The number of nitrogens with zero attached hydrogens (tertiary/aromatic N) is 4. The third kappa shape index (κ3) is 5.09. The van der Waals surface area contributed by atoms with Crippen LogP contribution in [0.3, 0.4) is 0 Å². The summed E-state index contributed by atoms with van der Waals surface area (Å²) in [4.78, 5) is 26.9. The molecule has 0 radical (unpaired) electrons. The minimum Gasteiger partial charge on any atom is -0.474 e. The molecule has 0 spiro atoms. The van der Waals surface area contributed by atoms with E-state index in [1.807, 2.05) is 25.7 Å². The van der Waals surface area contributed by atoms with E-state index >= 15 is 0 Å². The largest absolute Gasteiger partial charge is 0.474 e. The van der Waals surface area contributed by atoms with Crippen molar-refractivity contribution in [1.29, 1.82) is 0 Å². The van der Waals surface area contributed by atoms with Crippen LogP contribution in [0.15, 0.2) is 23.5 Å². The Bertz CT molecular complexity index is 1050. The number of pyridine rings is 1. The molecule has 3 atom stereocenters. The number of fused-ring (bicyclic) bond motifs is 2. The van der Waals surface area contributed by atoms with Crippen molar-refractivity contribution < 1.29 is 27.8 Å². The van der Waals surface area contributed by atoms with Crippen molar-refractivity contribution in [2.45, 2.75) is 82.7 Å². The Morgan fingerprint density at radius 2 is 1.82 bits per heavy atom. The summed E-state index contributed by atoms with van der Waals surface area (Å²) in [6.45, 7) is 7.21. The van der Waals surface area contributed by atoms with Crippen LogP contribution in [0.25, 0.3) is 0 Å². The topological polar surface area (TPSA) is 124 Å². The zero-order valence-corrected chi connectivity index (χ0v) is 19.9. The van der Waals surface area contributed by atoms with Gasteiger partial charge in [-0.05, 0) is 52.7 Å². The Kier molecular flexibility index (Phi) is 6.80. The molecule has 2 aliphatic rings. The number of amides is 1.